The van der Waals surface area contributed by atoms with Gasteiger partial charge < -0.3 is 28.8 Å². The van der Waals surface area contributed by atoms with Crippen molar-refractivity contribution in [1.82, 2.24) is 5.32 Å². The lowest BCUT2D eigenvalue weighted by Crippen LogP contribution is -2.46. The molecule has 2 N–H and O–H groups in total. The van der Waals surface area contributed by atoms with E-state index in [0.29, 0.717) is 23.9 Å². The van der Waals surface area contributed by atoms with Crippen molar-refractivity contribution in [1.29, 1.82) is 0 Å². The number of likely N-dealkylation sites (N-methyl/N-ethyl adjacent to an activating group) is 1. The predicted molar refractivity (Wildman–Crippen MR) is 321 cm³/mol. The zero-order valence-electron chi connectivity index (χ0n) is 50.8. The quantitative estimate of drug-likeness (QED) is 0.0357. The molecule has 0 aromatic rings. The average Bonchev–Trinajstić information content (AvgIpc) is 3.36. The van der Waals surface area contributed by atoms with Gasteiger partial charge >= 0.3 is 0 Å². The van der Waals surface area contributed by atoms with Crippen LogP contribution in [0.25, 0.3) is 0 Å². The first-order valence-corrected chi connectivity index (χ1v) is 34.8. The Bertz CT molecular complexity index is 1170. The molecule has 0 aliphatic heterocycles. The molecule has 1 amide bonds. The number of hydrogen-bond donors (Lipinski definition) is 2. The molecule has 0 aromatic heterocycles. The number of amides is 1. The van der Waals surface area contributed by atoms with Gasteiger partial charge in [0.2, 0.25) is 5.91 Å². The summed E-state index contributed by atoms with van der Waals surface area (Å²) in [5.41, 5.74) is 0. The number of aliphatic hydroxyl groups excluding tert-OH is 1. The molecular weight excluding hydrogens is 936 g/mol. The maximum Gasteiger partial charge on any atom is 0.268 e. The minimum absolute atomic E-state index is 0.0167. The van der Waals surface area contributed by atoms with E-state index in [-0.39, 0.29) is 19.1 Å². The zero-order valence-corrected chi connectivity index (χ0v) is 51.7. The van der Waals surface area contributed by atoms with Gasteiger partial charge in [0.25, 0.3) is 7.82 Å². The molecule has 0 aliphatic carbocycles. The van der Waals surface area contributed by atoms with Gasteiger partial charge in [-0.05, 0) is 12.8 Å². The van der Waals surface area contributed by atoms with E-state index >= 15 is 0 Å². The average molecular weight is 1070 g/mol. The van der Waals surface area contributed by atoms with Crippen LogP contribution in [0.3, 0.4) is 0 Å². The van der Waals surface area contributed by atoms with Crippen LogP contribution >= 0.6 is 7.82 Å². The van der Waals surface area contributed by atoms with E-state index in [4.69, 9.17) is 9.05 Å². The van der Waals surface area contributed by atoms with Gasteiger partial charge in [-0.15, -0.1) is 0 Å². The van der Waals surface area contributed by atoms with E-state index in [1.54, 1.807) is 0 Å². The molecule has 0 bridgehead atoms. The molecule has 444 valence electrons. The molecule has 0 rings (SSSR count). The number of hydrogen-bond acceptors (Lipinski definition) is 6. The van der Waals surface area contributed by atoms with Crippen molar-refractivity contribution in [2.24, 2.45) is 0 Å². The summed E-state index contributed by atoms with van der Waals surface area (Å²) < 4.78 is 23.5. The summed E-state index contributed by atoms with van der Waals surface area (Å²) in [5.74, 6) is -0.155. The molecule has 9 heteroatoms. The lowest BCUT2D eigenvalue weighted by atomic mass is 10.0. The standard InChI is InChI=1S/C65H133N2O6P/c1-6-8-10-12-14-16-18-20-22-24-25-26-27-28-29-30-31-32-33-34-35-36-37-38-39-40-41-42-43-45-47-49-51-53-55-57-59-65(69)66-63(62-73-74(70,71)72-61-60-67(3,4)5)64(68)58-56-54-52-50-48-46-44-23-21-19-17-15-13-11-9-7-2/h63-64,68H,6-62H2,1-5H3,(H-,66,69,70,71)/t63-,64+/m0/s1. The summed E-state index contributed by atoms with van der Waals surface area (Å²) in [6, 6.07) is -0.795. The molecule has 1 unspecified atom stereocenters. The van der Waals surface area contributed by atoms with Crippen LogP contribution < -0.4 is 10.2 Å². The van der Waals surface area contributed by atoms with E-state index in [2.05, 4.69) is 19.2 Å². The maximum atomic E-state index is 13.0. The lowest BCUT2D eigenvalue weighted by molar-refractivity contribution is -0.870. The molecule has 0 fully saturated rings. The van der Waals surface area contributed by atoms with Crippen molar-refractivity contribution in [3.05, 3.63) is 0 Å². The Kier molecular flexibility index (Phi) is 56.8. The van der Waals surface area contributed by atoms with Crippen molar-refractivity contribution in [2.45, 2.75) is 373 Å². The number of nitrogens with zero attached hydrogens (tertiary/aromatic N) is 1. The van der Waals surface area contributed by atoms with Gasteiger partial charge in [-0.1, -0.05) is 341 Å². The van der Waals surface area contributed by atoms with Crippen LogP contribution in [-0.4, -0.2) is 68.5 Å². The number of carbonyl (C=O) groups is 1. The molecule has 0 aromatic carbocycles. The summed E-state index contributed by atoms with van der Waals surface area (Å²) in [6.07, 6.45) is 70.4. The second-order valence-corrected chi connectivity index (χ2v) is 26.0. The van der Waals surface area contributed by atoms with Gasteiger partial charge in [-0.2, -0.15) is 0 Å². The molecule has 0 aliphatic rings. The first kappa shape index (κ1) is 73.5. The molecule has 3 atom stereocenters. The number of rotatable bonds is 63. The number of phosphoric ester groups is 1. The number of phosphoric acid groups is 1. The van der Waals surface area contributed by atoms with Crippen LogP contribution in [0.2, 0.25) is 0 Å². The number of quaternary nitrogens is 1. The highest BCUT2D eigenvalue weighted by Gasteiger charge is 2.24. The number of unbranched alkanes of at least 4 members (excludes halogenated alkanes) is 50. The van der Waals surface area contributed by atoms with Crippen LogP contribution in [-0.2, 0) is 18.4 Å². The third-order valence-corrected chi connectivity index (χ3v) is 16.8. The fourth-order valence-electron chi connectivity index (χ4n) is 10.6. The highest BCUT2D eigenvalue weighted by Crippen LogP contribution is 2.38. The van der Waals surface area contributed by atoms with Crippen LogP contribution in [0, 0.1) is 0 Å². The van der Waals surface area contributed by atoms with Gasteiger partial charge in [-0.3, -0.25) is 9.36 Å². The Morgan fingerprint density at radius 1 is 0.419 bits per heavy atom. The Morgan fingerprint density at radius 2 is 0.662 bits per heavy atom. The summed E-state index contributed by atoms with van der Waals surface area (Å²) >= 11 is 0. The van der Waals surface area contributed by atoms with Crippen molar-refractivity contribution >= 4 is 13.7 Å². The predicted octanol–water partition coefficient (Wildman–Crippen LogP) is 20.1. The topological polar surface area (TPSA) is 108 Å². The maximum absolute atomic E-state index is 13.0. The lowest BCUT2D eigenvalue weighted by Gasteiger charge is -2.30. The Labute approximate surface area is 463 Å². The largest absolute Gasteiger partial charge is 0.756 e. The third kappa shape index (κ3) is 59.2. The van der Waals surface area contributed by atoms with Gasteiger partial charge in [0.05, 0.1) is 39.9 Å². The van der Waals surface area contributed by atoms with E-state index in [0.717, 1.165) is 38.5 Å². The Balaban J connectivity index is 3.88. The Morgan fingerprint density at radius 3 is 0.919 bits per heavy atom. The van der Waals surface area contributed by atoms with E-state index < -0.39 is 20.0 Å². The summed E-state index contributed by atoms with van der Waals surface area (Å²) in [4.78, 5) is 25.6. The van der Waals surface area contributed by atoms with E-state index in [1.165, 1.54) is 295 Å². The Hall–Kier alpha value is -0.500. The first-order chi connectivity index (χ1) is 36.0. The van der Waals surface area contributed by atoms with Crippen LogP contribution in [0.15, 0.2) is 0 Å². The minimum Gasteiger partial charge on any atom is -0.756 e. The number of nitrogens with one attached hydrogen (secondary N) is 1. The van der Waals surface area contributed by atoms with Gasteiger partial charge in [-0.25, -0.2) is 0 Å². The fraction of sp³-hybridized carbons (Fsp3) is 0.985. The molecule has 0 radical (unpaired) electrons. The normalized spacial score (nSPS) is 13.7. The monoisotopic (exact) mass is 1070 g/mol. The van der Waals surface area contributed by atoms with E-state index in [1.807, 2.05) is 21.1 Å². The SMILES string of the molecule is CCCCCCCCCCCCCCCCCCCCCCCCCCCCCCCCCCCCCCC(=O)N[C@@H](COP(=O)([O-])OCC[N+](C)(C)C)[C@H](O)CCCCCCCCCCCCCCCCCC. The van der Waals surface area contributed by atoms with Gasteiger partial charge in [0.1, 0.15) is 13.2 Å². The summed E-state index contributed by atoms with van der Waals surface area (Å²) in [6.45, 7) is 4.78. The van der Waals surface area contributed by atoms with Crippen molar-refractivity contribution < 1.29 is 32.9 Å². The molecular formula is C65H133N2O6P. The molecule has 0 heterocycles. The molecule has 0 saturated heterocycles. The second-order valence-electron chi connectivity index (χ2n) is 24.5. The van der Waals surface area contributed by atoms with Gasteiger partial charge in [0.15, 0.2) is 0 Å². The zero-order chi connectivity index (χ0) is 54.2. The second kappa shape index (κ2) is 57.2. The smallest absolute Gasteiger partial charge is 0.268 e. The van der Waals surface area contributed by atoms with Gasteiger partial charge in [0, 0.05) is 6.42 Å². The van der Waals surface area contributed by atoms with Crippen molar-refractivity contribution in [3.63, 3.8) is 0 Å². The summed E-state index contributed by atoms with van der Waals surface area (Å²) in [5, 5.41) is 14.0. The van der Waals surface area contributed by atoms with E-state index in [9.17, 15) is 19.4 Å². The van der Waals surface area contributed by atoms with Crippen LogP contribution in [0.1, 0.15) is 361 Å². The molecule has 8 nitrogen and oxygen atoms in total. The highest BCUT2D eigenvalue weighted by molar-refractivity contribution is 7.45. The molecule has 0 saturated carbocycles. The minimum atomic E-state index is -4.57. The van der Waals surface area contributed by atoms with Crippen molar-refractivity contribution in [3.8, 4) is 0 Å². The summed E-state index contributed by atoms with van der Waals surface area (Å²) in [7, 11) is 1.33. The fourth-order valence-corrected chi connectivity index (χ4v) is 11.4. The molecule has 74 heavy (non-hydrogen) atoms. The van der Waals surface area contributed by atoms with Crippen LogP contribution in [0.4, 0.5) is 0 Å². The number of aliphatic hydroxyl groups is 1. The third-order valence-electron chi connectivity index (χ3n) is 15.8. The highest BCUT2D eigenvalue weighted by atomic mass is 31.2. The van der Waals surface area contributed by atoms with Crippen LogP contribution in [0.5, 0.6) is 0 Å². The number of carbonyl (C=O) groups excluding carboxylic acids is 1. The first-order valence-electron chi connectivity index (χ1n) is 33.4. The van der Waals surface area contributed by atoms with Crippen molar-refractivity contribution in [2.75, 3.05) is 40.9 Å². The molecule has 0 spiro atoms.